The largest absolute Gasteiger partial charge is 0.387 e. The van der Waals surface area contributed by atoms with E-state index in [-0.39, 0.29) is 36.0 Å². The smallest absolute Gasteiger partial charge is 0.226 e. The number of amides is 1. The van der Waals surface area contributed by atoms with Crippen LogP contribution in [0.25, 0.3) is 0 Å². The first kappa shape index (κ1) is 14.2. The van der Waals surface area contributed by atoms with Gasteiger partial charge < -0.3 is 10.0 Å². The summed E-state index contributed by atoms with van der Waals surface area (Å²) in [4.78, 5) is 25.1. The van der Waals surface area contributed by atoms with E-state index in [1.54, 1.807) is 4.90 Å². The molecule has 112 valence electrons. The van der Waals surface area contributed by atoms with Gasteiger partial charge in [-0.3, -0.25) is 9.59 Å². The number of benzene rings is 1. The van der Waals surface area contributed by atoms with Crippen molar-refractivity contribution in [2.45, 2.75) is 37.8 Å². The SMILES string of the molecule is O=C1CC(C(=O)N(CC(O)c2ccc(F)cc2)C2CC2)C1. The van der Waals surface area contributed by atoms with Gasteiger partial charge in [0.15, 0.2) is 0 Å². The van der Waals surface area contributed by atoms with Gasteiger partial charge in [0.25, 0.3) is 0 Å². The van der Waals surface area contributed by atoms with Gasteiger partial charge in [0.2, 0.25) is 5.91 Å². The highest BCUT2D eigenvalue weighted by Gasteiger charge is 2.41. The lowest BCUT2D eigenvalue weighted by Crippen LogP contribution is -2.44. The summed E-state index contributed by atoms with van der Waals surface area (Å²) in [5.74, 6) is -0.464. The average molecular weight is 291 g/mol. The van der Waals surface area contributed by atoms with Crippen molar-refractivity contribution in [1.82, 2.24) is 4.90 Å². The highest BCUT2D eigenvalue weighted by Crippen LogP contribution is 2.33. The van der Waals surface area contributed by atoms with Gasteiger partial charge >= 0.3 is 0 Å². The summed E-state index contributed by atoms with van der Waals surface area (Å²) in [5, 5.41) is 10.2. The summed E-state index contributed by atoms with van der Waals surface area (Å²) < 4.78 is 12.9. The predicted molar refractivity (Wildman–Crippen MR) is 73.8 cm³/mol. The van der Waals surface area contributed by atoms with Crippen molar-refractivity contribution in [3.63, 3.8) is 0 Å². The number of hydrogen-bond acceptors (Lipinski definition) is 3. The molecule has 0 heterocycles. The van der Waals surface area contributed by atoms with Crippen LogP contribution in [0.1, 0.15) is 37.4 Å². The van der Waals surface area contributed by atoms with Crippen molar-refractivity contribution < 1.29 is 19.1 Å². The predicted octanol–water partition coefficient (Wildman–Crippen LogP) is 1.83. The molecule has 5 heteroatoms. The van der Waals surface area contributed by atoms with Crippen LogP contribution in [0.2, 0.25) is 0 Å². The van der Waals surface area contributed by atoms with Crippen LogP contribution in [-0.2, 0) is 9.59 Å². The molecule has 0 bridgehead atoms. The standard InChI is InChI=1S/C16H18FNO3/c17-12-3-1-10(2-4-12)15(20)9-18(13-5-6-13)16(21)11-7-14(19)8-11/h1-4,11,13,15,20H,5-9H2. The van der Waals surface area contributed by atoms with E-state index in [2.05, 4.69) is 0 Å². The van der Waals surface area contributed by atoms with E-state index in [0.717, 1.165) is 12.8 Å². The molecule has 1 aromatic rings. The van der Waals surface area contributed by atoms with Gasteiger partial charge in [-0.25, -0.2) is 4.39 Å². The minimum absolute atomic E-state index is 0.0294. The number of carbonyl (C=O) groups is 2. The van der Waals surface area contributed by atoms with E-state index in [9.17, 15) is 19.1 Å². The van der Waals surface area contributed by atoms with Gasteiger partial charge in [-0.05, 0) is 30.5 Å². The third-order valence-corrected chi connectivity index (χ3v) is 4.19. The molecule has 1 atom stereocenters. The molecular formula is C16H18FNO3. The summed E-state index contributed by atoms with van der Waals surface area (Å²) >= 11 is 0. The number of carbonyl (C=O) groups excluding carboxylic acids is 2. The van der Waals surface area contributed by atoms with Crippen molar-refractivity contribution in [3.8, 4) is 0 Å². The zero-order chi connectivity index (χ0) is 15.0. The van der Waals surface area contributed by atoms with Crippen LogP contribution in [0.5, 0.6) is 0 Å². The van der Waals surface area contributed by atoms with Gasteiger partial charge in [-0.2, -0.15) is 0 Å². The molecule has 21 heavy (non-hydrogen) atoms. The number of aliphatic hydroxyl groups excluding tert-OH is 1. The maximum atomic E-state index is 12.9. The monoisotopic (exact) mass is 291 g/mol. The quantitative estimate of drug-likeness (QED) is 0.900. The second-order valence-corrected chi connectivity index (χ2v) is 5.93. The second-order valence-electron chi connectivity index (χ2n) is 5.93. The molecule has 1 unspecified atom stereocenters. The van der Waals surface area contributed by atoms with E-state index >= 15 is 0 Å². The normalized spacial score (nSPS) is 20.0. The Morgan fingerprint density at radius 3 is 2.43 bits per heavy atom. The number of Topliss-reactive ketones (excluding diaryl/α,β-unsaturated/α-hetero) is 1. The van der Waals surface area contributed by atoms with Crippen LogP contribution < -0.4 is 0 Å². The van der Waals surface area contributed by atoms with Crippen molar-refractivity contribution in [3.05, 3.63) is 35.6 Å². The first-order valence-corrected chi connectivity index (χ1v) is 7.30. The Kier molecular flexibility index (Phi) is 3.76. The van der Waals surface area contributed by atoms with Crippen LogP contribution >= 0.6 is 0 Å². The molecule has 0 saturated heterocycles. The fourth-order valence-corrected chi connectivity index (χ4v) is 2.68. The Morgan fingerprint density at radius 2 is 1.90 bits per heavy atom. The molecule has 1 amide bonds. The molecule has 2 fully saturated rings. The number of aliphatic hydroxyl groups is 1. The fourth-order valence-electron chi connectivity index (χ4n) is 2.68. The average Bonchev–Trinajstić information content (AvgIpc) is 3.25. The van der Waals surface area contributed by atoms with Gasteiger partial charge in [0, 0.05) is 18.9 Å². The molecule has 1 aromatic carbocycles. The summed E-state index contributed by atoms with van der Waals surface area (Å²) in [5.41, 5.74) is 0.597. The molecular weight excluding hydrogens is 273 g/mol. The third kappa shape index (κ3) is 3.13. The van der Waals surface area contributed by atoms with E-state index < -0.39 is 6.10 Å². The fraction of sp³-hybridized carbons (Fsp3) is 0.500. The minimum atomic E-state index is -0.828. The zero-order valence-electron chi connectivity index (χ0n) is 11.7. The highest BCUT2D eigenvalue weighted by atomic mass is 19.1. The molecule has 0 aromatic heterocycles. The minimum Gasteiger partial charge on any atom is -0.387 e. The Hall–Kier alpha value is -1.75. The number of ketones is 1. The summed E-state index contributed by atoms with van der Waals surface area (Å²) in [6.07, 6.45) is 1.72. The molecule has 0 spiro atoms. The molecule has 4 nitrogen and oxygen atoms in total. The Labute approximate surface area is 122 Å². The Bertz CT molecular complexity index is 545. The highest BCUT2D eigenvalue weighted by molar-refractivity contribution is 5.96. The molecule has 0 radical (unpaired) electrons. The van der Waals surface area contributed by atoms with Crippen LogP contribution in [0.3, 0.4) is 0 Å². The molecule has 0 aliphatic heterocycles. The number of halogens is 1. The molecule has 2 aliphatic rings. The van der Waals surface area contributed by atoms with Crippen LogP contribution in [-0.4, -0.2) is 34.3 Å². The molecule has 1 N–H and O–H groups in total. The van der Waals surface area contributed by atoms with Crippen molar-refractivity contribution >= 4 is 11.7 Å². The molecule has 3 rings (SSSR count). The van der Waals surface area contributed by atoms with Gasteiger partial charge in [0.1, 0.15) is 11.6 Å². The second kappa shape index (κ2) is 5.56. The first-order chi connectivity index (χ1) is 10.0. The maximum absolute atomic E-state index is 12.9. The topological polar surface area (TPSA) is 57.6 Å². The Balaban J connectivity index is 1.66. The van der Waals surface area contributed by atoms with Crippen LogP contribution in [0.4, 0.5) is 4.39 Å². The lowest BCUT2D eigenvalue weighted by atomic mass is 9.83. The summed E-state index contributed by atoms with van der Waals surface area (Å²) in [7, 11) is 0. The summed E-state index contributed by atoms with van der Waals surface area (Å²) in [6, 6.07) is 5.84. The van der Waals surface area contributed by atoms with E-state index in [0.29, 0.717) is 18.4 Å². The lowest BCUT2D eigenvalue weighted by Gasteiger charge is -2.32. The van der Waals surface area contributed by atoms with Gasteiger partial charge in [-0.1, -0.05) is 12.1 Å². The number of hydrogen-bond donors (Lipinski definition) is 1. The molecule has 2 saturated carbocycles. The van der Waals surface area contributed by atoms with Gasteiger partial charge in [0.05, 0.1) is 18.6 Å². The zero-order valence-corrected chi connectivity index (χ0v) is 11.7. The first-order valence-electron chi connectivity index (χ1n) is 7.30. The maximum Gasteiger partial charge on any atom is 0.226 e. The van der Waals surface area contributed by atoms with Crippen molar-refractivity contribution in [2.24, 2.45) is 5.92 Å². The lowest BCUT2D eigenvalue weighted by molar-refractivity contribution is -0.146. The van der Waals surface area contributed by atoms with Crippen molar-refractivity contribution in [2.75, 3.05) is 6.54 Å². The van der Waals surface area contributed by atoms with Gasteiger partial charge in [-0.15, -0.1) is 0 Å². The summed E-state index contributed by atoms with van der Waals surface area (Å²) in [6.45, 7) is 0.208. The van der Waals surface area contributed by atoms with Crippen molar-refractivity contribution in [1.29, 1.82) is 0 Å². The van der Waals surface area contributed by atoms with E-state index in [1.165, 1.54) is 24.3 Å². The van der Waals surface area contributed by atoms with Crippen LogP contribution in [0, 0.1) is 11.7 Å². The third-order valence-electron chi connectivity index (χ3n) is 4.19. The number of rotatable bonds is 5. The van der Waals surface area contributed by atoms with Crippen LogP contribution in [0.15, 0.2) is 24.3 Å². The molecule has 2 aliphatic carbocycles. The number of nitrogens with zero attached hydrogens (tertiary/aromatic N) is 1. The van der Waals surface area contributed by atoms with E-state index in [4.69, 9.17) is 0 Å². The Morgan fingerprint density at radius 1 is 1.29 bits per heavy atom. The van der Waals surface area contributed by atoms with E-state index in [1.807, 2.05) is 0 Å².